The molecule has 0 saturated heterocycles. The number of carbonyl (C=O) groups excluding carboxylic acids is 2. The molecule has 1 heterocycles. The van der Waals surface area contributed by atoms with Crippen LogP contribution < -0.4 is 16.4 Å². The van der Waals surface area contributed by atoms with Crippen LogP contribution >= 0.6 is 11.8 Å². The Morgan fingerprint density at radius 1 is 1.29 bits per heavy atom. The summed E-state index contributed by atoms with van der Waals surface area (Å²) in [5.74, 6) is 0.272. The summed E-state index contributed by atoms with van der Waals surface area (Å²) < 4.78 is 0. The van der Waals surface area contributed by atoms with E-state index in [0.717, 1.165) is 28.3 Å². The molecule has 8 heteroatoms. The number of aryl methyl sites for hydroxylation is 1. The van der Waals surface area contributed by atoms with Crippen LogP contribution in [0.2, 0.25) is 0 Å². The maximum Gasteiger partial charge on any atom is 0.270 e. The van der Waals surface area contributed by atoms with Crippen molar-refractivity contribution in [2.45, 2.75) is 56.5 Å². The predicted molar refractivity (Wildman–Crippen MR) is 127 cm³/mol. The molecule has 31 heavy (non-hydrogen) atoms. The molecule has 2 aromatic rings. The van der Waals surface area contributed by atoms with E-state index in [0.29, 0.717) is 24.2 Å². The van der Waals surface area contributed by atoms with Gasteiger partial charge in [-0.2, -0.15) is 0 Å². The number of hydrogen-bond donors (Lipinski definition) is 3. The summed E-state index contributed by atoms with van der Waals surface area (Å²) in [4.78, 5) is 31.2. The fourth-order valence-electron chi connectivity index (χ4n) is 3.31. The minimum absolute atomic E-state index is 0.192. The van der Waals surface area contributed by atoms with E-state index in [1.807, 2.05) is 37.3 Å². The molecule has 1 saturated carbocycles. The van der Waals surface area contributed by atoms with Crippen LogP contribution in [0.15, 0.2) is 46.3 Å². The van der Waals surface area contributed by atoms with Crippen LogP contribution in [-0.4, -0.2) is 35.9 Å². The lowest BCUT2D eigenvalue weighted by Crippen LogP contribution is -2.29. The normalized spacial score (nSPS) is 13.5. The number of benzene rings is 1. The monoisotopic (exact) mass is 441 g/mol. The number of carbonyl (C=O) groups is 2. The highest BCUT2D eigenvalue weighted by Crippen LogP contribution is 2.29. The van der Waals surface area contributed by atoms with Crippen LogP contribution in [0, 0.1) is 6.92 Å². The zero-order valence-corrected chi connectivity index (χ0v) is 18.8. The molecule has 0 bridgehead atoms. The van der Waals surface area contributed by atoms with Crippen molar-refractivity contribution < 1.29 is 9.59 Å². The van der Waals surface area contributed by atoms with E-state index in [2.05, 4.69) is 27.3 Å². The molecule has 1 fully saturated rings. The third kappa shape index (κ3) is 8.51. The zero-order chi connectivity index (χ0) is 22.5. The van der Waals surface area contributed by atoms with Gasteiger partial charge in [-0.05, 0) is 56.3 Å². The van der Waals surface area contributed by atoms with E-state index >= 15 is 0 Å². The molecule has 1 aromatic carbocycles. The predicted octanol–water partition coefficient (Wildman–Crippen LogP) is 3.73. The van der Waals surface area contributed by atoms with Gasteiger partial charge in [-0.25, -0.2) is 4.98 Å². The first-order valence-electron chi connectivity index (χ1n) is 10.4. The number of rotatable bonds is 8. The maximum absolute atomic E-state index is 12.1. The lowest BCUT2D eigenvalue weighted by Gasteiger charge is -2.19. The van der Waals surface area contributed by atoms with E-state index in [-0.39, 0.29) is 5.91 Å². The van der Waals surface area contributed by atoms with E-state index in [4.69, 9.17) is 5.73 Å². The Balaban J connectivity index is 0.000000316. The van der Waals surface area contributed by atoms with Crippen LogP contribution in [0.1, 0.15) is 53.8 Å². The largest absolute Gasteiger partial charge is 0.356 e. The average Bonchev–Trinajstić information content (AvgIpc) is 2.79. The number of thioether (sulfide) groups is 1. The molecule has 0 aliphatic heterocycles. The van der Waals surface area contributed by atoms with E-state index in [1.165, 1.54) is 43.9 Å². The van der Waals surface area contributed by atoms with Gasteiger partial charge in [0.15, 0.2) is 0 Å². The fourth-order valence-corrected chi connectivity index (χ4v) is 4.01. The van der Waals surface area contributed by atoms with E-state index in [1.54, 1.807) is 6.07 Å². The molecular formula is C23H31N5O2S. The molecule has 7 nitrogen and oxygen atoms in total. The van der Waals surface area contributed by atoms with Crippen molar-refractivity contribution in [3.05, 3.63) is 53.3 Å². The van der Waals surface area contributed by atoms with Crippen LogP contribution in [0.3, 0.4) is 0 Å². The number of aromatic nitrogens is 1. The average molecular weight is 442 g/mol. The zero-order valence-electron chi connectivity index (χ0n) is 18.0. The number of hydrogen-bond acceptors (Lipinski definition) is 6. The van der Waals surface area contributed by atoms with Gasteiger partial charge in [-0.3, -0.25) is 14.6 Å². The van der Waals surface area contributed by atoms with Crippen molar-refractivity contribution in [2.75, 3.05) is 5.88 Å². The van der Waals surface area contributed by atoms with Gasteiger partial charge in [0.05, 0.1) is 5.69 Å². The van der Waals surface area contributed by atoms with Crippen molar-refractivity contribution in [3.63, 3.8) is 0 Å². The molecule has 4 N–H and O–H groups in total. The quantitative estimate of drug-likeness (QED) is 0.250. The molecule has 1 aromatic heterocycles. The smallest absolute Gasteiger partial charge is 0.270 e. The summed E-state index contributed by atoms with van der Waals surface area (Å²) >= 11 is 1.49. The Hall–Kier alpha value is -2.71. The second kappa shape index (κ2) is 13.6. The fraction of sp³-hybridized carbons (Fsp3) is 0.391. The summed E-state index contributed by atoms with van der Waals surface area (Å²) in [6.45, 7) is 5.82. The summed E-state index contributed by atoms with van der Waals surface area (Å²) in [6.07, 6.45) is 7.08. The van der Waals surface area contributed by atoms with Crippen molar-refractivity contribution in [1.29, 1.82) is 0 Å². The molecule has 0 unspecified atom stereocenters. The van der Waals surface area contributed by atoms with Gasteiger partial charge in [0.25, 0.3) is 5.91 Å². The highest BCUT2D eigenvalue weighted by Gasteiger charge is 2.11. The first kappa shape index (κ1) is 24.6. The number of nitrogens with one attached hydrogen (secondary N) is 2. The van der Waals surface area contributed by atoms with Gasteiger partial charge in [0, 0.05) is 29.1 Å². The van der Waals surface area contributed by atoms with Gasteiger partial charge < -0.3 is 16.4 Å². The second-order valence-electron chi connectivity index (χ2n) is 7.24. The molecule has 1 aliphatic carbocycles. The Labute approximate surface area is 188 Å². The lowest BCUT2D eigenvalue weighted by atomic mass is 9.96. The molecule has 0 atom stereocenters. The first-order valence-corrected chi connectivity index (χ1v) is 11.4. The van der Waals surface area contributed by atoms with Crippen LogP contribution in [0.25, 0.3) is 0 Å². The third-order valence-electron chi connectivity index (χ3n) is 4.92. The summed E-state index contributed by atoms with van der Waals surface area (Å²) in [6, 6.07) is 11.6. The molecule has 0 radical (unpaired) electrons. The van der Waals surface area contributed by atoms with Crippen molar-refractivity contribution in [1.82, 2.24) is 15.6 Å². The van der Waals surface area contributed by atoms with E-state index < -0.39 is 0 Å². The topological polar surface area (TPSA) is 109 Å². The number of amides is 2. The van der Waals surface area contributed by atoms with E-state index in [9.17, 15) is 9.59 Å². The van der Waals surface area contributed by atoms with Crippen molar-refractivity contribution in [3.8, 4) is 0 Å². The third-order valence-corrected chi connectivity index (χ3v) is 5.72. The number of nitrogens with two attached hydrogens (primary N) is 1. The molecule has 166 valence electrons. The first-order chi connectivity index (χ1) is 15.1. The molecule has 1 aliphatic rings. The number of nitrogens with zero attached hydrogens (tertiary/aromatic N) is 2. The number of pyridine rings is 1. The van der Waals surface area contributed by atoms with Crippen molar-refractivity contribution in [2.24, 2.45) is 10.7 Å². The van der Waals surface area contributed by atoms with Gasteiger partial charge >= 0.3 is 0 Å². The van der Waals surface area contributed by atoms with Crippen LogP contribution in [0.4, 0.5) is 5.69 Å². The Kier molecular flexibility index (Phi) is 10.7. The molecule has 2 amide bonds. The van der Waals surface area contributed by atoms with Gasteiger partial charge in [-0.1, -0.05) is 31.4 Å². The number of aliphatic imine (C=N–C) groups is 1. The second-order valence-corrected chi connectivity index (χ2v) is 8.30. The van der Waals surface area contributed by atoms with Gasteiger partial charge in [-0.15, -0.1) is 11.8 Å². The highest BCUT2D eigenvalue weighted by molar-refractivity contribution is 7.99. The van der Waals surface area contributed by atoms with Gasteiger partial charge in [0.2, 0.25) is 6.41 Å². The Bertz CT molecular complexity index is 869. The molecule has 3 rings (SSSR count). The minimum atomic E-state index is -0.192. The highest BCUT2D eigenvalue weighted by atomic mass is 32.2. The molecular weight excluding hydrogens is 410 g/mol. The SMILES string of the molecule is C=Nc1ccc(CNC(=O)c2cccc(C)n2)cc1SCN.O=CNC1CCCCC1. The lowest BCUT2D eigenvalue weighted by molar-refractivity contribution is -0.110. The van der Waals surface area contributed by atoms with Crippen LogP contribution in [0.5, 0.6) is 0 Å². The summed E-state index contributed by atoms with van der Waals surface area (Å²) in [7, 11) is 0. The van der Waals surface area contributed by atoms with Crippen molar-refractivity contribution >= 4 is 36.5 Å². The summed E-state index contributed by atoms with van der Waals surface area (Å²) in [5.41, 5.74) is 8.58. The summed E-state index contributed by atoms with van der Waals surface area (Å²) in [5, 5.41) is 5.66. The maximum atomic E-state index is 12.1. The van der Waals surface area contributed by atoms with Crippen LogP contribution in [-0.2, 0) is 11.3 Å². The van der Waals surface area contributed by atoms with Gasteiger partial charge in [0.1, 0.15) is 5.69 Å². The Morgan fingerprint density at radius 2 is 2.06 bits per heavy atom. The minimum Gasteiger partial charge on any atom is -0.356 e. The Morgan fingerprint density at radius 3 is 2.71 bits per heavy atom. The standard InChI is InChI=1S/C16H18N4OS.C7H13NO/c1-11-4-3-5-14(20-11)16(21)19-9-12-6-7-13(18-2)15(8-12)22-10-17;9-6-8-7-4-2-1-3-5-7/h3-8H,2,9-10,17H2,1H3,(H,19,21);6-7H,1-5H2,(H,8,9). The molecule has 0 spiro atoms.